The number of nitrogens with zero attached hydrogens (tertiary/aromatic N) is 4. The Morgan fingerprint density at radius 1 is 1.30 bits per heavy atom. The molecule has 98 valence electrons. The Kier molecular flexibility index (Phi) is 2.30. The van der Waals surface area contributed by atoms with Crippen molar-refractivity contribution < 1.29 is 4.52 Å². The molecule has 0 aromatic carbocycles. The lowest BCUT2D eigenvalue weighted by atomic mass is 10.2. The van der Waals surface area contributed by atoms with Gasteiger partial charge in [0.05, 0.1) is 16.4 Å². The van der Waals surface area contributed by atoms with Crippen LogP contribution in [-0.4, -0.2) is 25.3 Å². The molecule has 0 amide bonds. The molecule has 0 aliphatic heterocycles. The van der Waals surface area contributed by atoms with Crippen LogP contribution in [0.1, 0.15) is 0 Å². The summed E-state index contributed by atoms with van der Waals surface area (Å²) in [7, 11) is 0. The molecule has 3 N–H and O–H groups in total. The van der Waals surface area contributed by atoms with Gasteiger partial charge < -0.3 is 10.3 Å². The molecule has 8 heteroatoms. The topological polar surface area (TPSA) is 107 Å². The van der Waals surface area contributed by atoms with Crippen LogP contribution >= 0.6 is 11.3 Å². The van der Waals surface area contributed by atoms with Gasteiger partial charge in [-0.2, -0.15) is 10.1 Å². The Labute approximate surface area is 116 Å². The SMILES string of the molecule is Nc1[nH]ncc1-c1nc(-c2cnc3ccsc3c2)no1. The van der Waals surface area contributed by atoms with Crippen LogP contribution in [0.5, 0.6) is 0 Å². The van der Waals surface area contributed by atoms with E-state index in [2.05, 4.69) is 25.3 Å². The highest BCUT2D eigenvalue weighted by Crippen LogP contribution is 2.27. The number of nitrogen functional groups attached to an aromatic ring is 1. The molecular formula is C12H8N6OS. The molecule has 20 heavy (non-hydrogen) atoms. The monoisotopic (exact) mass is 284 g/mol. The van der Waals surface area contributed by atoms with Gasteiger partial charge >= 0.3 is 0 Å². The fourth-order valence-electron chi connectivity index (χ4n) is 1.89. The minimum atomic E-state index is 0.331. The second kappa shape index (κ2) is 4.14. The number of hydrogen-bond donors (Lipinski definition) is 2. The van der Waals surface area contributed by atoms with E-state index in [4.69, 9.17) is 10.3 Å². The second-order valence-corrected chi connectivity index (χ2v) is 5.10. The average Bonchev–Trinajstić information content (AvgIpc) is 3.17. The van der Waals surface area contributed by atoms with E-state index < -0.39 is 0 Å². The third kappa shape index (κ3) is 1.66. The van der Waals surface area contributed by atoms with Gasteiger partial charge in [-0.3, -0.25) is 10.1 Å². The van der Waals surface area contributed by atoms with Crippen molar-refractivity contribution >= 4 is 27.4 Å². The van der Waals surface area contributed by atoms with Gasteiger partial charge in [0.15, 0.2) is 0 Å². The summed E-state index contributed by atoms with van der Waals surface area (Å²) in [6.07, 6.45) is 3.27. The van der Waals surface area contributed by atoms with Crippen molar-refractivity contribution in [3.63, 3.8) is 0 Å². The fraction of sp³-hybridized carbons (Fsp3) is 0. The predicted molar refractivity (Wildman–Crippen MR) is 74.9 cm³/mol. The largest absolute Gasteiger partial charge is 0.383 e. The third-order valence-corrected chi connectivity index (χ3v) is 3.74. The number of hydrogen-bond acceptors (Lipinski definition) is 7. The summed E-state index contributed by atoms with van der Waals surface area (Å²) in [5.41, 5.74) is 8.08. The Morgan fingerprint density at radius 3 is 3.10 bits per heavy atom. The van der Waals surface area contributed by atoms with Gasteiger partial charge in [0.2, 0.25) is 5.82 Å². The first-order chi connectivity index (χ1) is 9.81. The number of H-pyrrole nitrogens is 1. The highest BCUT2D eigenvalue weighted by Gasteiger charge is 2.15. The number of aromatic nitrogens is 5. The van der Waals surface area contributed by atoms with Crippen molar-refractivity contribution in [3.05, 3.63) is 29.9 Å². The van der Waals surface area contributed by atoms with Gasteiger partial charge in [-0.1, -0.05) is 5.16 Å². The summed E-state index contributed by atoms with van der Waals surface area (Å²) >= 11 is 1.62. The van der Waals surface area contributed by atoms with E-state index in [1.54, 1.807) is 23.7 Å². The molecular weight excluding hydrogens is 276 g/mol. The fourth-order valence-corrected chi connectivity index (χ4v) is 2.67. The molecule has 0 saturated heterocycles. The lowest BCUT2D eigenvalue weighted by Crippen LogP contribution is -1.87. The van der Waals surface area contributed by atoms with Crippen LogP contribution in [0.15, 0.2) is 34.4 Å². The van der Waals surface area contributed by atoms with Crippen molar-refractivity contribution in [2.24, 2.45) is 0 Å². The van der Waals surface area contributed by atoms with Gasteiger partial charge in [0.1, 0.15) is 11.4 Å². The zero-order chi connectivity index (χ0) is 13.5. The van der Waals surface area contributed by atoms with Crippen molar-refractivity contribution in [3.8, 4) is 22.8 Å². The van der Waals surface area contributed by atoms with Crippen LogP contribution in [0, 0.1) is 0 Å². The molecule has 0 aliphatic carbocycles. The van der Waals surface area contributed by atoms with E-state index in [9.17, 15) is 0 Å². The lowest BCUT2D eigenvalue weighted by Gasteiger charge is -1.93. The molecule has 0 fully saturated rings. The van der Waals surface area contributed by atoms with Crippen molar-refractivity contribution in [2.75, 3.05) is 5.73 Å². The number of thiophene rings is 1. The number of fused-ring (bicyclic) bond motifs is 1. The zero-order valence-electron chi connectivity index (χ0n) is 10.1. The molecule has 7 nitrogen and oxygen atoms in total. The first-order valence-electron chi connectivity index (χ1n) is 5.78. The van der Waals surface area contributed by atoms with Crippen LogP contribution in [-0.2, 0) is 0 Å². The smallest absolute Gasteiger partial charge is 0.263 e. The first-order valence-corrected chi connectivity index (χ1v) is 6.66. The van der Waals surface area contributed by atoms with Crippen LogP contribution < -0.4 is 5.73 Å². The maximum Gasteiger partial charge on any atom is 0.263 e. The molecule has 4 heterocycles. The highest BCUT2D eigenvalue weighted by molar-refractivity contribution is 7.17. The van der Waals surface area contributed by atoms with Crippen LogP contribution in [0.3, 0.4) is 0 Å². The molecule has 4 aromatic heterocycles. The van der Waals surface area contributed by atoms with Crippen molar-refractivity contribution in [2.45, 2.75) is 0 Å². The minimum Gasteiger partial charge on any atom is -0.383 e. The first kappa shape index (κ1) is 11.1. The van der Waals surface area contributed by atoms with E-state index in [1.807, 2.05) is 17.5 Å². The molecule has 4 aromatic rings. The number of nitrogens with two attached hydrogens (primary N) is 1. The minimum absolute atomic E-state index is 0.331. The normalized spacial score (nSPS) is 11.2. The predicted octanol–water partition coefficient (Wildman–Crippen LogP) is 2.32. The van der Waals surface area contributed by atoms with Gasteiger partial charge in [0, 0.05) is 11.8 Å². The summed E-state index contributed by atoms with van der Waals surface area (Å²) in [6.45, 7) is 0. The Bertz CT molecular complexity index is 892. The van der Waals surface area contributed by atoms with Crippen molar-refractivity contribution in [1.82, 2.24) is 25.3 Å². The summed E-state index contributed by atoms with van der Waals surface area (Å²) in [5, 5.41) is 12.4. The Hall–Kier alpha value is -2.74. The summed E-state index contributed by atoms with van der Waals surface area (Å²) in [6, 6.07) is 3.96. The second-order valence-electron chi connectivity index (χ2n) is 4.15. The number of anilines is 1. The maximum atomic E-state index is 5.72. The van der Waals surface area contributed by atoms with Gasteiger partial charge in [0.25, 0.3) is 5.89 Å². The third-order valence-electron chi connectivity index (χ3n) is 2.89. The van der Waals surface area contributed by atoms with E-state index in [-0.39, 0.29) is 0 Å². The summed E-state index contributed by atoms with van der Waals surface area (Å²) in [4.78, 5) is 8.67. The molecule has 0 saturated carbocycles. The van der Waals surface area contributed by atoms with Crippen LogP contribution in [0.2, 0.25) is 0 Å². The highest BCUT2D eigenvalue weighted by atomic mass is 32.1. The lowest BCUT2D eigenvalue weighted by molar-refractivity contribution is 0.432. The summed E-state index contributed by atoms with van der Waals surface area (Å²) < 4.78 is 6.29. The van der Waals surface area contributed by atoms with E-state index in [1.165, 1.54) is 0 Å². The molecule has 0 atom stereocenters. The van der Waals surface area contributed by atoms with Crippen LogP contribution in [0.4, 0.5) is 5.82 Å². The number of pyridine rings is 1. The number of aromatic amines is 1. The maximum absolute atomic E-state index is 5.72. The van der Waals surface area contributed by atoms with E-state index in [0.717, 1.165) is 15.8 Å². The van der Waals surface area contributed by atoms with Gasteiger partial charge in [-0.15, -0.1) is 11.3 Å². The van der Waals surface area contributed by atoms with E-state index >= 15 is 0 Å². The molecule has 0 spiro atoms. The molecule has 0 aliphatic rings. The van der Waals surface area contributed by atoms with Gasteiger partial charge in [-0.05, 0) is 17.5 Å². The number of nitrogens with one attached hydrogen (secondary N) is 1. The molecule has 0 unspecified atom stereocenters. The Balaban J connectivity index is 1.79. The zero-order valence-corrected chi connectivity index (χ0v) is 10.9. The quantitative estimate of drug-likeness (QED) is 0.585. The molecule has 0 bridgehead atoms. The summed E-state index contributed by atoms with van der Waals surface area (Å²) in [5.74, 6) is 1.20. The van der Waals surface area contributed by atoms with Crippen molar-refractivity contribution in [1.29, 1.82) is 0 Å². The standard InChI is InChI=1S/C12H8N6OS/c13-10-7(5-15-17-10)12-16-11(18-19-12)6-3-9-8(14-4-6)1-2-20-9/h1-5H,(H3,13,15,17). The average molecular weight is 284 g/mol. The molecule has 4 rings (SSSR count). The van der Waals surface area contributed by atoms with Gasteiger partial charge in [-0.25, -0.2) is 0 Å². The van der Waals surface area contributed by atoms with E-state index in [0.29, 0.717) is 23.1 Å². The Morgan fingerprint density at radius 2 is 2.25 bits per heavy atom. The number of rotatable bonds is 2. The molecule has 0 radical (unpaired) electrons. The van der Waals surface area contributed by atoms with Crippen LogP contribution in [0.25, 0.3) is 33.1 Å².